The summed E-state index contributed by atoms with van der Waals surface area (Å²) in [6.45, 7) is 6.52. The van der Waals surface area contributed by atoms with Gasteiger partial charge < -0.3 is 16.0 Å². The molecule has 2 aliphatic rings. The number of hydrogen-bond acceptors (Lipinski definition) is 5. The number of allylic oxidation sites excluding steroid dienone is 3. The van der Waals surface area contributed by atoms with Gasteiger partial charge in [-0.15, -0.1) is 0 Å². The first-order valence-electron chi connectivity index (χ1n) is 15.4. The molecule has 1 saturated carbocycles. The van der Waals surface area contributed by atoms with E-state index in [4.69, 9.17) is 9.83 Å². The molecular weight excluding hydrogens is 526 g/mol. The van der Waals surface area contributed by atoms with Gasteiger partial charge in [0.25, 0.3) is 11.8 Å². The molecule has 5 N–H and O–H groups in total. The van der Waals surface area contributed by atoms with Gasteiger partial charge in [0.15, 0.2) is 5.69 Å². The van der Waals surface area contributed by atoms with Crippen LogP contribution in [0.3, 0.4) is 0 Å². The number of carbonyl (C=O) groups excluding carboxylic acids is 2. The van der Waals surface area contributed by atoms with Crippen molar-refractivity contribution in [3.63, 3.8) is 0 Å². The Bertz CT molecular complexity index is 1240. The van der Waals surface area contributed by atoms with Gasteiger partial charge in [0.1, 0.15) is 0 Å². The molecule has 1 aliphatic heterocycles. The summed E-state index contributed by atoms with van der Waals surface area (Å²) in [6, 6.07) is 13.2. The van der Waals surface area contributed by atoms with E-state index < -0.39 is 0 Å². The van der Waals surface area contributed by atoms with E-state index in [-0.39, 0.29) is 17.9 Å². The number of hydrogen-bond donors (Lipinski definition) is 4. The van der Waals surface area contributed by atoms with E-state index >= 15 is 0 Å². The van der Waals surface area contributed by atoms with Crippen molar-refractivity contribution in [2.45, 2.75) is 84.6 Å². The highest BCUT2D eigenvalue weighted by atomic mass is 16.6. The van der Waals surface area contributed by atoms with Crippen LogP contribution in [0, 0.1) is 0 Å². The minimum Gasteiger partial charge on any atom is -0.378 e. The number of carbonyl (C=O) groups is 2. The van der Waals surface area contributed by atoms with E-state index in [1.165, 1.54) is 38.5 Å². The van der Waals surface area contributed by atoms with Crippen LogP contribution in [0.1, 0.15) is 99.3 Å². The van der Waals surface area contributed by atoms with Crippen LogP contribution in [0.15, 0.2) is 71.4 Å². The molecule has 8 heteroatoms. The van der Waals surface area contributed by atoms with Crippen molar-refractivity contribution in [3.8, 4) is 0 Å². The Kier molecular flexibility index (Phi) is 14.0. The fraction of sp³-hybridized carbons (Fsp3) is 0.441. The van der Waals surface area contributed by atoms with Gasteiger partial charge in [0.05, 0.1) is 25.0 Å². The minimum atomic E-state index is -0.173. The number of benzene rings is 2. The normalized spacial score (nSPS) is 16.0. The van der Waals surface area contributed by atoms with Crippen LogP contribution in [-0.4, -0.2) is 37.2 Å². The van der Waals surface area contributed by atoms with E-state index in [9.17, 15) is 9.59 Å². The summed E-state index contributed by atoms with van der Waals surface area (Å²) >= 11 is 0. The lowest BCUT2D eigenvalue weighted by molar-refractivity contribution is -0.830. The number of nitrogens with one attached hydrogen (secondary N) is 3. The van der Waals surface area contributed by atoms with Crippen molar-refractivity contribution >= 4 is 34.6 Å². The van der Waals surface area contributed by atoms with Crippen LogP contribution in [0.2, 0.25) is 0 Å². The summed E-state index contributed by atoms with van der Waals surface area (Å²) in [6.07, 6.45) is 16.0. The summed E-state index contributed by atoms with van der Waals surface area (Å²) in [4.78, 5) is 35.5. The van der Waals surface area contributed by atoms with Crippen molar-refractivity contribution in [1.29, 1.82) is 0 Å². The molecule has 1 fully saturated rings. The quantitative estimate of drug-likeness (QED) is 0.156. The third-order valence-corrected chi connectivity index (χ3v) is 7.36. The summed E-state index contributed by atoms with van der Waals surface area (Å²) in [5.74, 6) is -0.192. The molecule has 0 atom stereocenters. The molecule has 8 nitrogen and oxygen atoms in total. The molecular formula is C34H48N5O3+. The monoisotopic (exact) mass is 574 g/mol. The first kappa shape index (κ1) is 32.8. The highest BCUT2D eigenvalue weighted by Crippen LogP contribution is 2.30. The number of nitrogens with zero attached hydrogens (tertiary/aromatic N) is 1. The van der Waals surface area contributed by atoms with Gasteiger partial charge in [-0.2, -0.15) is 5.48 Å². The third-order valence-electron chi connectivity index (χ3n) is 7.36. The van der Waals surface area contributed by atoms with E-state index in [0.29, 0.717) is 29.8 Å². The standard InChI is InChI=1S/C32H41N5O3.C2H6/c1-3-25(35-31(38)23-15-18-27(19-16-23)37-40-2)13-10-14-28-22-33-29-20-17-24(21-30(29)34-28)32(39)36-26-11-8-6-4-5-7-9-12-26;1-2/h3,10,13,15-21,26,33,37H,4-9,11-12,14,22H2,1-2H3,(H,35,38)(H,36,39);1-2H3/p+1/b13-10-,25-3+;. The number of rotatable bonds is 9. The van der Waals surface area contributed by atoms with Gasteiger partial charge in [-0.25, -0.2) is 4.84 Å². The van der Waals surface area contributed by atoms with Gasteiger partial charge in [-0.3, -0.25) is 14.6 Å². The van der Waals surface area contributed by atoms with Gasteiger partial charge in [-0.05, 0) is 56.2 Å². The minimum absolute atomic E-state index is 0.0193. The number of anilines is 1. The number of fused-ring (bicyclic) bond motifs is 1. The predicted octanol–water partition coefficient (Wildman–Crippen LogP) is 6.48. The molecule has 2 aromatic carbocycles. The number of quaternary nitrogens is 1. The molecule has 4 rings (SSSR count). The molecule has 1 heterocycles. The van der Waals surface area contributed by atoms with Crippen LogP contribution >= 0.6 is 0 Å². The predicted molar refractivity (Wildman–Crippen MR) is 172 cm³/mol. The van der Waals surface area contributed by atoms with Crippen molar-refractivity contribution in [2.75, 3.05) is 19.0 Å². The third kappa shape index (κ3) is 10.3. The molecule has 42 heavy (non-hydrogen) atoms. The van der Waals surface area contributed by atoms with E-state index in [1.54, 1.807) is 24.7 Å². The molecule has 0 radical (unpaired) electrons. The first-order chi connectivity index (χ1) is 20.6. The Hall–Kier alpha value is -3.75. The van der Waals surface area contributed by atoms with Crippen LogP contribution in [0.4, 0.5) is 17.1 Å². The Balaban J connectivity index is 0.00000237. The van der Waals surface area contributed by atoms with E-state index in [0.717, 1.165) is 35.6 Å². The lowest BCUT2D eigenvalue weighted by Gasteiger charge is -2.20. The maximum Gasteiger partial charge on any atom is 0.255 e. The van der Waals surface area contributed by atoms with Crippen molar-refractivity contribution < 1.29 is 19.9 Å². The molecule has 0 unspecified atom stereocenters. The maximum absolute atomic E-state index is 13.0. The summed E-state index contributed by atoms with van der Waals surface area (Å²) in [5, 5.41) is 9.63. The molecule has 0 saturated heterocycles. The Morgan fingerprint density at radius 3 is 2.31 bits per heavy atom. The van der Waals surface area contributed by atoms with Crippen LogP contribution in [0.5, 0.6) is 0 Å². The summed E-state index contributed by atoms with van der Waals surface area (Å²) in [7, 11) is 1.59. The first-order valence-corrected chi connectivity index (χ1v) is 15.4. The highest BCUT2D eigenvalue weighted by molar-refractivity contribution is 6.00. The molecule has 0 aromatic heterocycles. The van der Waals surface area contributed by atoms with Gasteiger partial charge in [-0.1, -0.05) is 64.5 Å². The van der Waals surface area contributed by atoms with Crippen molar-refractivity contribution in [3.05, 3.63) is 77.5 Å². The zero-order valence-corrected chi connectivity index (χ0v) is 25.7. The Morgan fingerprint density at radius 2 is 1.64 bits per heavy atom. The zero-order valence-electron chi connectivity index (χ0n) is 25.7. The second kappa shape index (κ2) is 17.9. The van der Waals surface area contributed by atoms with Crippen LogP contribution in [-0.2, 0) is 4.84 Å². The lowest BCUT2D eigenvalue weighted by atomic mass is 10.0. The van der Waals surface area contributed by atoms with E-state index in [1.807, 2.05) is 69.3 Å². The highest BCUT2D eigenvalue weighted by Gasteiger charge is 2.17. The molecule has 0 spiro atoms. The number of amides is 2. The number of aliphatic imine (C=N–C) groups is 1. The van der Waals surface area contributed by atoms with Crippen molar-refractivity contribution in [2.24, 2.45) is 4.99 Å². The van der Waals surface area contributed by atoms with Crippen LogP contribution < -0.4 is 21.4 Å². The maximum atomic E-state index is 13.0. The van der Waals surface area contributed by atoms with Crippen LogP contribution in [0.25, 0.3) is 0 Å². The molecule has 226 valence electrons. The second-order valence-electron chi connectivity index (χ2n) is 10.4. The Morgan fingerprint density at radius 1 is 0.976 bits per heavy atom. The largest absolute Gasteiger partial charge is 0.378 e. The lowest BCUT2D eigenvalue weighted by Crippen LogP contribution is -2.75. The SMILES string of the molecule is C/C=C(\C=C/CC1=Nc2cc(C(=O)NC3CCCCCCCC3)ccc2NC1)NC(=O)c1ccc([NH2+]OC)cc1.CC. The fourth-order valence-corrected chi connectivity index (χ4v) is 5.07. The molecule has 2 aromatic rings. The second-order valence-corrected chi connectivity index (χ2v) is 10.4. The number of nitrogens with two attached hydrogens (primary N) is 1. The average molecular weight is 575 g/mol. The smallest absolute Gasteiger partial charge is 0.255 e. The topological polar surface area (TPSA) is 108 Å². The summed E-state index contributed by atoms with van der Waals surface area (Å²) < 4.78 is 0. The molecule has 2 amide bonds. The van der Waals surface area contributed by atoms with Crippen molar-refractivity contribution in [1.82, 2.24) is 10.6 Å². The average Bonchev–Trinajstić information content (AvgIpc) is 3.15. The van der Waals surface area contributed by atoms with Gasteiger partial charge >= 0.3 is 0 Å². The zero-order chi connectivity index (χ0) is 30.2. The molecule has 1 aliphatic carbocycles. The van der Waals surface area contributed by atoms with Gasteiger partial charge in [0, 0.05) is 47.1 Å². The summed E-state index contributed by atoms with van der Waals surface area (Å²) in [5.41, 5.74) is 7.13. The van der Waals surface area contributed by atoms with Gasteiger partial charge in [0.2, 0.25) is 0 Å². The Labute approximate surface area is 251 Å². The fourth-order valence-electron chi connectivity index (χ4n) is 5.07. The molecule has 0 bridgehead atoms. The van der Waals surface area contributed by atoms with E-state index in [2.05, 4.69) is 16.0 Å².